The third-order valence-electron chi connectivity index (χ3n) is 3.48. The van der Waals surface area contributed by atoms with Gasteiger partial charge in [-0.2, -0.15) is 0 Å². The highest BCUT2D eigenvalue weighted by Crippen LogP contribution is 2.24. The van der Waals surface area contributed by atoms with E-state index in [0.29, 0.717) is 18.4 Å². The number of aliphatic hydroxyl groups excluding tert-OH is 1. The Morgan fingerprint density at radius 3 is 2.57 bits per heavy atom. The van der Waals surface area contributed by atoms with Gasteiger partial charge in [0.1, 0.15) is 11.6 Å². The molecule has 0 aliphatic rings. The highest BCUT2D eigenvalue weighted by molar-refractivity contribution is 9.10. The average Bonchev–Trinajstić information content (AvgIpc) is 2.50. The van der Waals surface area contributed by atoms with E-state index in [0.717, 1.165) is 15.8 Å². The maximum atomic E-state index is 13.8. The van der Waals surface area contributed by atoms with Crippen LogP contribution in [0.2, 0.25) is 0 Å². The molecule has 1 atom stereocenters. The number of para-hydroxylation sites is 1. The summed E-state index contributed by atoms with van der Waals surface area (Å²) in [5, 5.41) is 9.60. The molecule has 0 aliphatic carbocycles. The van der Waals surface area contributed by atoms with Crippen LogP contribution in [-0.2, 0) is 12.8 Å². The highest BCUT2D eigenvalue weighted by atomic mass is 79.9. The molecule has 0 radical (unpaired) electrons. The van der Waals surface area contributed by atoms with Gasteiger partial charge in [0.15, 0.2) is 0 Å². The van der Waals surface area contributed by atoms with E-state index in [1.165, 1.54) is 6.07 Å². The summed E-state index contributed by atoms with van der Waals surface area (Å²) in [6.07, 6.45) is 1.13. The molecule has 21 heavy (non-hydrogen) atoms. The van der Waals surface area contributed by atoms with E-state index in [1.54, 1.807) is 19.2 Å². The molecule has 0 heterocycles. The number of hydrogen-bond donors (Lipinski definition) is 1. The Hall–Kier alpha value is -1.39. The number of aliphatic hydroxyl groups is 1. The zero-order chi connectivity index (χ0) is 15.2. The Balaban J connectivity index is 2.15. The molecule has 0 aliphatic heterocycles. The van der Waals surface area contributed by atoms with Crippen molar-refractivity contribution in [2.75, 3.05) is 13.7 Å². The lowest BCUT2D eigenvalue weighted by Crippen LogP contribution is -2.14. The van der Waals surface area contributed by atoms with Gasteiger partial charge >= 0.3 is 0 Å². The Morgan fingerprint density at radius 1 is 1.14 bits per heavy atom. The quantitative estimate of drug-likeness (QED) is 0.851. The van der Waals surface area contributed by atoms with Crippen LogP contribution in [-0.4, -0.2) is 18.8 Å². The molecule has 2 aromatic rings. The topological polar surface area (TPSA) is 29.5 Å². The summed E-state index contributed by atoms with van der Waals surface area (Å²) in [6.45, 7) is 0.00397. The molecule has 2 rings (SSSR count). The fraction of sp³-hybridized carbons (Fsp3) is 0.294. The minimum atomic E-state index is -0.239. The zero-order valence-electron chi connectivity index (χ0n) is 11.9. The van der Waals surface area contributed by atoms with E-state index in [9.17, 15) is 9.50 Å². The van der Waals surface area contributed by atoms with Gasteiger partial charge < -0.3 is 9.84 Å². The van der Waals surface area contributed by atoms with Crippen LogP contribution in [0, 0.1) is 11.7 Å². The minimum Gasteiger partial charge on any atom is -0.496 e. The lowest BCUT2D eigenvalue weighted by Gasteiger charge is -2.17. The molecule has 0 bridgehead atoms. The molecule has 2 aromatic carbocycles. The van der Waals surface area contributed by atoms with Crippen molar-refractivity contribution in [1.29, 1.82) is 0 Å². The smallest absolute Gasteiger partial charge is 0.126 e. The molecule has 0 spiro atoms. The van der Waals surface area contributed by atoms with E-state index < -0.39 is 0 Å². The predicted molar refractivity (Wildman–Crippen MR) is 85.1 cm³/mol. The molecule has 0 saturated heterocycles. The number of hydrogen-bond acceptors (Lipinski definition) is 2. The van der Waals surface area contributed by atoms with Crippen LogP contribution in [0.5, 0.6) is 5.75 Å². The predicted octanol–water partition coefficient (Wildman–Crippen LogP) is 3.99. The standard InChI is InChI=1S/C17H18BrFO2/c1-21-17-5-3-2-4-13(17)8-12(11-20)9-14-10-15(18)6-7-16(14)19/h2-7,10,12,20H,8-9,11H2,1H3. The Kier molecular flexibility index (Phi) is 5.76. The second kappa shape index (κ2) is 7.57. The third kappa shape index (κ3) is 4.29. The van der Waals surface area contributed by atoms with Crippen LogP contribution in [0.15, 0.2) is 46.9 Å². The normalized spacial score (nSPS) is 12.2. The fourth-order valence-corrected chi connectivity index (χ4v) is 2.80. The first-order valence-electron chi connectivity index (χ1n) is 6.80. The maximum absolute atomic E-state index is 13.8. The van der Waals surface area contributed by atoms with Crippen LogP contribution >= 0.6 is 15.9 Å². The Bertz CT molecular complexity index is 601. The molecule has 4 heteroatoms. The van der Waals surface area contributed by atoms with Crippen molar-refractivity contribution in [3.8, 4) is 5.75 Å². The minimum absolute atomic E-state index is 0.00397. The number of halogens is 2. The van der Waals surface area contributed by atoms with E-state index in [1.807, 2.05) is 24.3 Å². The summed E-state index contributed by atoms with van der Waals surface area (Å²) >= 11 is 3.35. The van der Waals surface area contributed by atoms with Crippen molar-refractivity contribution < 1.29 is 14.2 Å². The molecule has 0 fully saturated rings. The van der Waals surface area contributed by atoms with Crippen molar-refractivity contribution in [1.82, 2.24) is 0 Å². The first-order valence-corrected chi connectivity index (χ1v) is 7.60. The van der Waals surface area contributed by atoms with Gasteiger partial charge in [0.25, 0.3) is 0 Å². The number of methoxy groups -OCH3 is 1. The van der Waals surface area contributed by atoms with E-state index in [2.05, 4.69) is 15.9 Å². The van der Waals surface area contributed by atoms with Gasteiger partial charge in [-0.25, -0.2) is 4.39 Å². The molecule has 2 nitrogen and oxygen atoms in total. The Morgan fingerprint density at radius 2 is 1.86 bits per heavy atom. The maximum Gasteiger partial charge on any atom is 0.126 e. The van der Waals surface area contributed by atoms with Gasteiger partial charge in [-0.3, -0.25) is 0 Å². The molecule has 112 valence electrons. The number of benzene rings is 2. The molecular formula is C17H18BrFO2. The molecule has 1 unspecified atom stereocenters. The van der Waals surface area contributed by atoms with Crippen molar-refractivity contribution in [2.45, 2.75) is 12.8 Å². The average molecular weight is 353 g/mol. The van der Waals surface area contributed by atoms with E-state index >= 15 is 0 Å². The van der Waals surface area contributed by atoms with Crippen LogP contribution in [0.3, 0.4) is 0 Å². The van der Waals surface area contributed by atoms with Gasteiger partial charge in [-0.05, 0) is 54.2 Å². The van der Waals surface area contributed by atoms with Gasteiger partial charge in [0.05, 0.1) is 7.11 Å². The van der Waals surface area contributed by atoms with Gasteiger partial charge in [-0.1, -0.05) is 34.1 Å². The largest absolute Gasteiger partial charge is 0.496 e. The third-order valence-corrected chi connectivity index (χ3v) is 3.97. The first kappa shape index (κ1) is 16.0. The second-order valence-corrected chi connectivity index (χ2v) is 5.92. The van der Waals surface area contributed by atoms with Crippen LogP contribution in [0.4, 0.5) is 4.39 Å². The van der Waals surface area contributed by atoms with Crippen molar-refractivity contribution in [2.24, 2.45) is 5.92 Å². The van der Waals surface area contributed by atoms with Gasteiger partial charge in [-0.15, -0.1) is 0 Å². The highest BCUT2D eigenvalue weighted by Gasteiger charge is 2.15. The zero-order valence-corrected chi connectivity index (χ0v) is 13.4. The number of rotatable bonds is 6. The molecule has 0 saturated carbocycles. The second-order valence-electron chi connectivity index (χ2n) is 5.00. The fourth-order valence-electron chi connectivity index (χ4n) is 2.39. The molecule has 0 amide bonds. The summed E-state index contributed by atoms with van der Waals surface area (Å²) in [6, 6.07) is 12.6. The molecule has 1 N–H and O–H groups in total. The monoisotopic (exact) mass is 352 g/mol. The van der Waals surface area contributed by atoms with Crippen LogP contribution in [0.1, 0.15) is 11.1 Å². The molecule has 0 aromatic heterocycles. The SMILES string of the molecule is COc1ccccc1CC(CO)Cc1cc(Br)ccc1F. The lowest BCUT2D eigenvalue weighted by molar-refractivity contribution is 0.223. The van der Waals surface area contributed by atoms with E-state index in [-0.39, 0.29) is 18.3 Å². The van der Waals surface area contributed by atoms with Crippen LogP contribution < -0.4 is 4.74 Å². The summed E-state index contributed by atoms with van der Waals surface area (Å²) in [7, 11) is 1.63. The van der Waals surface area contributed by atoms with Crippen molar-refractivity contribution in [3.05, 3.63) is 63.9 Å². The lowest BCUT2D eigenvalue weighted by atomic mass is 9.92. The summed E-state index contributed by atoms with van der Waals surface area (Å²) in [5.74, 6) is 0.507. The van der Waals surface area contributed by atoms with Crippen molar-refractivity contribution in [3.63, 3.8) is 0 Å². The van der Waals surface area contributed by atoms with E-state index in [4.69, 9.17) is 4.74 Å². The summed E-state index contributed by atoms with van der Waals surface area (Å²) in [4.78, 5) is 0. The van der Waals surface area contributed by atoms with Crippen molar-refractivity contribution >= 4 is 15.9 Å². The molecular weight excluding hydrogens is 335 g/mol. The van der Waals surface area contributed by atoms with Gasteiger partial charge in [0, 0.05) is 11.1 Å². The number of ether oxygens (including phenoxy) is 1. The van der Waals surface area contributed by atoms with Gasteiger partial charge in [0.2, 0.25) is 0 Å². The summed E-state index contributed by atoms with van der Waals surface area (Å²) in [5.41, 5.74) is 1.63. The Labute approximate surface area is 132 Å². The summed E-state index contributed by atoms with van der Waals surface area (Å²) < 4.78 is 20.0. The first-order chi connectivity index (χ1) is 10.1. The van der Waals surface area contributed by atoms with Crippen LogP contribution in [0.25, 0.3) is 0 Å².